The smallest absolute Gasteiger partial charge is 0.387 e. The molecule has 2 aromatic rings. The van der Waals surface area contributed by atoms with Crippen molar-refractivity contribution in [1.82, 2.24) is 4.98 Å². The molecule has 8 heteroatoms. The van der Waals surface area contributed by atoms with Crippen molar-refractivity contribution >= 4 is 11.6 Å². The Morgan fingerprint density at radius 2 is 2.00 bits per heavy atom. The summed E-state index contributed by atoms with van der Waals surface area (Å²) in [6.07, 6.45) is 1.20. The quantitative estimate of drug-likeness (QED) is 0.910. The molecule has 21 heavy (non-hydrogen) atoms. The number of hydrogen-bond donors (Lipinski definition) is 2. The summed E-state index contributed by atoms with van der Waals surface area (Å²) in [5.74, 6) is -2.24. The fourth-order valence-electron chi connectivity index (χ4n) is 1.53. The zero-order valence-electron chi connectivity index (χ0n) is 10.4. The third-order valence-corrected chi connectivity index (χ3v) is 2.45. The van der Waals surface area contributed by atoms with E-state index in [9.17, 15) is 22.8 Å². The van der Waals surface area contributed by atoms with Gasteiger partial charge in [0.25, 0.3) is 5.91 Å². The molecule has 0 atom stereocenters. The van der Waals surface area contributed by atoms with Crippen LogP contribution in [0, 0.1) is 5.82 Å². The second kappa shape index (κ2) is 6.12. The Kier molecular flexibility index (Phi) is 4.27. The lowest BCUT2D eigenvalue weighted by molar-refractivity contribution is -0.0521. The number of H-pyrrole nitrogens is 1. The highest BCUT2D eigenvalue weighted by atomic mass is 19.3. The molecule has 0 aliphatic rings. The zero-order chi connectivity index (χ0) is 15.4. The number of halogens is 3. The van der Waals surface area contributed by atoms with Gasteiger partial charge in [-0.1, -0.05) is 0 Å². The summed E-state index contributed by atoms with van der Waals surface area (Å²) >= 11 is 0. The Hall–Kier alpha value is -2.77. The average Bonchev–Trinajstić information content (AvgIpc) is 2.42. The molecule has 0 fully saturated rings. The van der Waals surface area contributed by atoms with Gasteiger partial charge in [-0.2, -0.15) is 8.78 Å². The van der Waals surface area contributed by atoms with Gasteiger partial charge in [-0.05, 0) is 18.2 Å². The predicted molar refractivity (Wildman–Crippen MR) is 68.0 cm³/mol. The van der Waals surface area contributed by atoms with Crippen LogP contribution in [0.5, 0.6) is 5.75 Å². The normalized spacial score (nSPS) is 10.5. The molecule has 0 saturated carbocycles. The monoisotopic (exact) mass is 298 g/mol. The van der Waals surface area contributed by atoms with Crippen molar-refractivity contribution in [2.75, 3.05) is 5.32 Å². The summed E-state index contributed by atoms with van der Waals surface area (Å²) in [5, 5.41) is 2.36. The standard InChI is InChI=1S/C13H9F3N2O3/c14-9-5-8(2-3-10(9)21-13(15)16)18-12(20)7-1-4-11(19)17-6-7/h1-6,13H,(H,17,19)(H,18,20). The lowest BCUT2D eigenvalue weighted by Crippen LogP contribution is -2.14. The second-order valence-corrected chi connectivity index (χ2v) is 3.92. The molecule has 2 rings (SSSR count). The van der Waals surface area contributed by atoms with Crippen molar-refractivity contribution in [1.29, 1.82) is 0 Å². The highest BCUT2D eigenvalue weighted by Gasteiger charge is 2.12. The van der Waals surface area contributed by atoms with Gasteiger partial charge in [-0.25, -0.2) is 4.39 Å². The number of pyridine rings is 1. The Labute approximate surface area is 116 Å². The van der Waals surface area contributed by atoms with E-state index in [0.29, 0.717) is 0 Å². The summed E-state index contributed by atoms with van der Waals surface area (Å²) in [4.78, 5) is 25.0. The number of rotatable bonds is 4. The first kappa shape index (κ1) is 14.6. The topological polar surface area (TPSA) is 71.2 Å². The summed E-state index contributed by atoms with van der Waals surface area (Å²) in [6.45, 7) is -3.14. The summed E-state index contributed by atoms with van der Waals surface area (Å²) < 4.78 is 41.4. The van der Waals surface area contributed by atoms with Crippen molar-refractivity contribution in [3.63, 3.8) is 0 Å². The van der Waals surface area contributed by atoms with Crippen molar-refractivity contribution in [2.45, 2.75) is 6.61 Å². The largest absolute Gasteiger partial charge is 0.432 e. The molecule has 2 N–H and O–H groups in total. The lowest BCUT2D eigenvalue weighted by atomic mass is 10.2. The van der Waals surface area contributed by atoms with E-state index < -0.39 is 24.1 Å². The van der Waals surface area contributed by atoms with Gasteiger partial charge < -0.3 is 15.0 Å². The van der Waals surface area contributed by atoms with Gasteiger partial charge in [-0.15, -0.1) is 0 Å². The van der Waals surface area contributed by atoms with Gasteiger partial charge in [0.15, 0.2) is 11.6 Å². The first-order valence-electron chi connectivity index (χ1n) is 5.70. The minimum absolute atomic E-state index is 0.0605. The van der Waals surface area contributed by atoms with E-state index in [2.05, 4.69) is 15.0 Å². The maximum atomic E-state index is 13.5. The number of anilines is 1. The maximum Gasteiger partial charge on any atom is 0.387 e. The van der Waals surface area contributed by atoms with Crippen LogP contribution < -0.4 is 15.6 Å². The third kappa shape index (κ3) is 3.85. The fraction of sp³-hybridized carbons (Fsp3) is 0.0769. The molecule has 0 saturated heterocycles. The van der Waals surface area contributed by atoms with Crippen LogP contribution in [0.1, 0.15) is 10.4 Å². The molecule has 0 radical (unpaired) electrons. The molecule has 0 spiro atoms. The first-order valence-corrected chi connectivity index (χ1v) is 5.70. The van der Waals surface area contributed by atoms with Crippen LogP contribution in [0.25, 0.3) is 0 Å². The van der Waals surface area contributed by atoms with Crippen LogP contribution in [0.15, 0.2) is 41.3 Å². The Morgan fingerprint density at radius 1 is 1.24 bits per heavy atom. The van der Waals surface area contributed by atoms with Crippen LogP contribution in [0.3, 0.4) is 0 Å². The molecule has 1 aromatic carbocycles. The number of benzene rings is 1. The Morgan fingerprint density at radius 3 is 2.57 bits per heavy atom. The first-order chi connectivity index (χ1) is 9.95. The number of amides is 1. The number of aromatic amines is 1. The highest BCUT2D eigenvalue weighted by Crippen LogP contribution is 2.23. The van der Waals surface area contributed by atoms with Gasteiger partial charge in [0.2, 0.25) is 5.56 Å². The van der Waals surface area contributed by atoms with E-state index in [0.717, 1.165) is 18.2 Å². The van der Waals surface area contributed by atoms with Gasteiger partial charge in [0.1, 0.15) is 0 Å². The molecule has 1 heterocycles. The van der Waals surface area contributed by atoms with E-state index in [-0.39, 0.29) is 16.8 Å². The molecule has 0 bridgehead atoms. The van der Waals surface area contributed by atoms with Crippen molar-refractivity contribution in [3.8, 4) is 5.75 Å². The van der Waals surface area contributed by atoms with Gasteiger partial charge in [-0.3, -0.25) is 9.59 Å². The third-order valence-electron chi connectivity index (χ3n) is 2.45. The van der Waals surface area contributed by atoms with Crippen LogP contribution >= 0.6 is 0 Å². The maximum absolute atomic E-state index is 13.5. The van der Waals surface area contributed by atoms with Crippen molar-refractivity contribution < 1.29 is 22.7 Å². The van der Waals surface area contributed by atoms with Crippen LogP contribution in [0.4, 0.5) is 18.9 Å². The summed E-state index contributed by atoms with van der Waals surface area (Å²) in [5.41, 5.74) is -0.153. The number of hydrogen-bond acceptors (Lipinski definition) is 3. The minimum Gasteiger partial charge on any atom is -0.432 e. The summed E-state index contributed by atoms with van der Waals surface area (Å²) in [6, 6.07) is 5.49. The summed E-state index contributed by atoms with van der Waals surface area (Å²) in [7, 11) is 0. The second-order valence-electron chi connectivity index (χ2n) is 3.92. The highest BCUT2D eigenvalue weighted by molar-refractivity contribution is 6.04. The van der Waals surface area contributed by atoms with Crippen molar-refractivity contribution in [3.05, 3.63) is 58.3 Å². The van der Waals surface area contributed by atoms with E-state index in [1.165, 1.54) is 18.3 Å². The van der Waals surface area contributed by atoms with Crippen molar-refractivity contribution in [2.24, 2.45) is 0 Å². The van der Waals surface area contributed by atoms with Crippen LogP contribution in [-0.2, 0) is 0 Å². The fourth-order valence-corrected chi connectivity index (χ4v) is 1.53. The Balaban J connectivity index is 2.12. The molecule has 0 unspecified atom stereocenters. The van der Waals surface area contributed by atoms with E-state index in [1.54, 1.807) is 0 Å². The van der Waals surface area contributed by atoms with E-state index in [1.807, 2.05) is 0 Å². The number of nitrogens with one attached hydrogen (secondary N) is 2. The van der Waals surface area contributed by atoms with Gasteiger partial charge in [0, 0.05) is 24.0 Å². The van der Waals surface area contributed by atoms with Crippen LogP contribution in [0.2, 0.25) is 0 Å². The number of alkyl halides is 2. The molecule has 1 amide bonds. The molecule has 0 aliphatic carbocycles. The minimum atomic E-state index is -3.14. The number of carbonyl (C=O) groups is 1. The zero-order valence-corrected chi connectivity index (χ0v) is 10.4. The average molecular weight is 298 g/mol. The van der Waals surface area contributed by atoms with Gasteiger partial charge in [0.05, 0.1) is 5.56 Å². The predicted octanol–water partition coefficient (Wildman–Crippen LogP) is 2.37. The molecule has 0 aliphatic heterocycles. The number of ether oxygens (including phenoxy) is 1. The number of carbonyl (C=O) groups excluding carboxylic acids is 1. The van der Waals surface area contributed by atoms with E-state index in [4.69, 9.17) is 0 Å². The molecular weight excluding hydrogens is 289 g/mol. The van der Waals surface area contributed by atoms with E-state index >= 15 is 0 Å². The SMILES string of the molecule is O=C(Nc1ccc(OC(F)F)c(F)c1)c1ccc(=O)[nH]c1. The van der Waals surface area contributed by atoms with Crippen LogP contribution in [-0.4, -0.2) is 17.5 Å². The number of aromatic nitrogens is 1. The lowest BCUT2D eigenvalue weighted by Gasteiger charge is -2.08. The molecule has 1 aromatic heterocycles. The molecule has 110 valence electrons. The Bertz CT molecular complexity index is 696. The molecule has 5 nitrogen and oxygen atoms in total. The van der Waals surface area contributed by atoms with Gasteiger partial charge >= 0.3 is 6.61 Å². The molecular formula is C13H9F3N2O3.